The average Bonchev–Trinajstić information content (AvgIpc) is 3.08. The highest BCUT2D eigenvalue weighted by molar-refractivity contribution is 7.13. The molecule has 0 spiro atoms. The molecule has 1 aliphatic heterocycles. The molecule has 120 valence electrons. The van der Waals surface area contributed by atoms with Crippen molar-refractivity contribution in [2.24, 2.45) is 5.92 Å². The zero-order valence-electron chi connectivity index (χ0n) is 12.2. The maximum atomic E-state index is 12.3. The van der Waals surface area contributed by atoms with Crippen LogP contribution in [-0.2, 0) is 4.79 Å². The van der Waals surface area contributed by atoms with Crippen molar-refractivity contribution in [2.75, 3.05) is 23.3 Å². The van der Waals surface area contributed by atoms with Crippen molar-refractivity contribution in [1.29, 1.82) is 0 Å². The van der Waals surface area contributed by atoms with E-state index >= 15 is 0 Å². The summed E-state index contributed by atoms with van der Waals surface area (Å²) < 4.78 is 0. The fourth-order valence-corrected chi connectivity index (χ4v) is 3.10. The van der Waals surface area contributed by atoms with Gasteiger partial charge in [0.2, 0.25) is 5.91 Å². The zero-order chi connectivity index (χ0) is 16.2. The number of amides is 1. The second-order valence-corrected chi connectivity index (χ2v) is 6.14. The summed E-state index contributed by atoms with van der Waals surface area (Å²) in [4.78, 5) is 32.7. The summed E-state index contributed by atoms with van der Waals surface area (Å²) in [5.74, 6) is 0.457. The van der Waals surface area contributed by atoms with Crippen LogP contribution in [0.25, 0.3) is 0 Å². The van der Waals surface area contributed by atoms with Gasteiger partial charge in [-0.15, -0.1) is 11.3 Å². The first-order chi connectivity index (χ1) is 11.1. The SMILES string of the molecule is O=C(Nc1nccs1)[C@@H]1CCCN(c2ccc([N+](=O)[O-])cn2)C1. The molecular formula is C14H15N5O3S. The van der Waals surface area contributed by atoms with Crippen LogP contribution in [0.15, 0.2) is 29.9 Å². The van der Waals surface area contributed by atoms with E-state index in [1.165, 1.54) is 23.6 Å². The number of nitrogens with one attached hydrogen (secondary N) is 1. The maximum Gasteiger partial charge on any atom is 0.287 e. The van der Waals surface area contributed by atoms with Gasteiger partial charge in [0.25, 0.3) is 5.69 Å². The minimum atomic E-state index is -0.475. The lowest BCUT2D eigenvalue weighted by Gasteiger charge is -2.32. The molecule has 8 nitrogen and oxygen atoms in total. The average molecular weight is 333 g/mol. The fourth-order valence-electron chi connectivity index (χ4n) is 2.57. The summed E-state index contributed by atoms with van der Waals surface area (Å²) >= 11 is 1.38. The molecule has 1 amide bonds. The molecule has 1 N–H and O–H groups in total. The van der Waals surface area contributed by atoms with Crippen LogP contribution in [0.4, 0.5) is 16.6 Å². The van der Waals surface area contributed by atoms with Gasteiger partial charge in [0.05, 0.1) is 10.8 Å². The molecule has 2 aromatic heterocycles. The molecule has 0 radical (unpaired) electrons. The quantitative estimate of drug-likeness (QED) is 0.680. The Kier molecular flexibility index (Phi) is 4.47. The number of carbonyl (C=O) groups is 1. The molecule has 0 saturated carbocycles. The Labute approximate surface area is 136 Å². The summed E-state index contributed by atoms with van der Waals surface area (Å²) in [7, 11) is 0. The Balaban J connectivity index is 1.65. The first-order valence-corrected chi connectivity index (χ1v) is 8.07. The minimum Gasteiger partial charge on any atom is -0.356 e. The first kappa shape index (κ1) is 15.3. The number of nitrogens with zero attached hydrogens (tertiary/aromatic N) is 4. The lowest BCUT2D eigenvalue weighted by atomic mass is 9.97. The second-order valence-electron chi connectivity index (χ2n) is 5.24. The summed E-state index contributed by atoms with van der Waals surface area (Å²) in [6, 6.07) is 3.06. The summed E-state index contributed by atoms with van der Waals surface area (Å²) in [5, 5.41) is 15.9. The van der Waals surface area contributed by atoms with E-state index in [2.05, 4.69) is 15.3 Å². The predicted molar refractivity (Wildman–Crippen MR) is 86.6 cm³/mol. The summed E-state index contributed by atoms with van der Waals surface area (Å²) in [6.07, 6.45) is 4.57. The van der Waals surface area contributed by atoms with Crippen molar-refractivity contribution in [3.63, 3.8) is 0 Å². The molecule has 23 heavy (non-hydrogen) atoms. The highest BCUT2D eigenvalue weighted by Crippen LogP contribution is 2.24. The van der Waals surface area contributed by atoms with Crippen LogP contribution in [0.3, 0.4) is 0 Å². The van der Waals surface area contributed by atoms with Crippen LogP contribution in [0, 0.1) is 16.0 Å². The number of anilines is 2. The van der Waals surface area contributed by atoms with Crippen molar-refractivity contribution >= 4 is 33.9 Å². The van der Waals surface area contributed by atoms with Gasteiger partial charge in [-0.05, 0) is 18.9 Å². The number of pyridine rings is 1. The summed E-state index contributed by atoms with van der Waals surface area (Å²) in [6.45, 7) is 1.33. The lowest BCUT2D eigenvalue weighted by Crippen LogP contribution is -2.41. The third kappa shape index (κ3) is 3.62. The van der Waals surface area contributed by atoms with Crippen molar-refractivity contribution in [3.05, 3.63) is 40.0 Å². The predicted octanol–water partition coefficient (Wildman–Crippen LogP) is 2.30. The molecule has 0 unspecified atom stereocenters. The van der Waals surface area contributed by atoms with Gasteiger partial charge in [-0.2, -0.15) is 0 Å². The van der Waals surface area contributed by atoms with Crippen LogP contribution in [0.5, 0.6) is 0 Å². The van der Waals surface area contributed by atoms with Crippen molar-refractivity contribution in [3.8, 4) is 0 Å². The molecule has 3 rings (SSSR count). The molecule has 0 aliphatic carbocycles. The van der Waals surface area contributed by atoms with Gasteiger partial charge in [0, 0.05) is 30.7 Å². The Morgan fingerprint density at radius 2 is 2.30 bits per heavy atom. The van der Waals surface area contributed by atoms with E-state index in [1.807, 2.05) is 10.3 Å². The molecule has 0 aromatic carbocycles. The maximum absolute atomic E-state index is 12.3. The molecule has 0 bridgehead atoms. The molecule has 1 atom stereocenters. The Morgan fingerprint density at radius 1 is 1.43 bits per heavy atom. The Bertz CT molecular complexity index is 689. The number of carbonyl (C=O) groups excluding carboxylic acids is 1. The number of nitro groups is 1. The summed E-state index contributed by atoms with van der Waals surface area (Å²) in [5.41, 5.74) is -0.0381. The highest BCUT2D eigenvalue weighted by Gasteiger charge is 2.27. The van der Waals surface area contributed by atoms with E-state index in [1.54, 1.807) is 12.3 Å². The van der Waals surface area contributed by atoms with Gasteiger partial charge < -0.3 is 10.2 Å². The number of hydrogen-bond donors (Lipinski definition) is 1. The second kappa shape index (κ2) is 6.69. The molecule has 3 heterocycles. The Hall–Kier alpha value is -2.55. The zero-order valence-corrected chi connectivity index (χ0v) is 13.0. The van der Waals surface area contributed by atoms with Crippen molar-refractivity contribution < 1.29 is 9.72 Å². The van der Waals surface area contributed by atoms with Crippen LogP contribution in [0.1, 0.15) is 12.8 Å². The third-order valence-electron chi connectivity index (χ3n) is 3.72. The van der Waals surface area contributed by atoms with Crippen LogP contribution in [-0.4, -0.2) is 33.9 Å². The van der Waals surface area contributed by atoms with Crippen LogP contribution < -0.4 is 10.2 Å². The van der Waals surface area contributed by atoms with E-state index in [0.29, 0.717) is 17.5 Å². The number of rotatable bonds is 4. The number of aromatic nitrogens is 2. The van der Waals surface area contributed by atoms with E-state index in [0.717, 1.165) is 19.4 Å². The van der Waals surface area contributed by atoms with E-state index in [-0.39, 0.29) is 17.5 Å². The molecule has 2 aromatic rings. The number of piperidine rings is 1. The number of hydrogen-bond acceptors (Lipinski definition) is 7. The van der Waals surface area contributed by atoms with E-state index < -0.39 is 4.92 Å². The van der Waals surface area contributed by atoms with Crippen LogP contribution >= 0.6 is 11.3 Å². The van der Waals surface area contributed by atoms with Crippen molar-refractivity contribution in [1.82, 2.24) is 9.97 Å². The van der Waals surface area contributed by atoms with Gasteiger partial charge in [-0.25, -0.2) is 9.97 Å². The largest absolute Gasteiger partial charge is 0.356 e. The van der Waals surface area contributed by atoms with Gasteiger partial charge in [-0.3, -0.25) is 14.9 Å². The fraction of sp³-hybridized carbons (Fsp3) is 0.357. The third-order valence-corrected chi connectivity index (χ3v) is 4.41. The van der Waals surface area contributed by atoms with Crippen molar-refractivity contribution in [2.45, 2.75) is 12.8 Å². The number of thiazole rings is 1. The smallest absolute Gasteiger partial charge is 0.287 e. The van der Waals surface area contributed by atoms with Crippen LogP contribution in [0.2, 0.25) is 0 Å². The monoisotopic (exact) mass is 333 g/mol. The topological polar surface area (TPSA) is 101 Å². The molecule has 1 aliphatic rings. The minimum absolute atomic E-state index is 0.0381. The Morgan fingerprint density at radius 3 is 2.96 bits per heavy atom. The molecule has 1 saturated heterocycles. The highest BCUT2D eigenvalue weighted by atomic mass is 32.1. The molecule has 1 fully saturated rings. The van der Waals surface area contributed by atoms with Gasteiger partial charge in [0.15, 0.2) is 5.13 Å². The van der Waals surface area contributed by atoms with Gasteiger partial charge >= 0.3 is 0 Å². The van der Waals surface area contributed by atoms with E-state index in [4.69, 9.17) is 0 Å². The molecule has 9 heteroatoms. The van der Waals surface area contributed by atoms with Gasteiger partial charge in [-0.1, -0.05) is 0 Å². The molecular weight excluding hydrogens is 318 g/mol. The van der Waals surface area contributed by atoms with E-state index in [9.17, 15) is 14.9 Å². The van der Waals surface area contributed by atoms with Gasteiger partial charge in [0.1, 0.15) is 12.0 Å². The standard InChI is InChI=1S/C14H15N5O3S/c20-13(17-14-15-5-7-23-14)10-2-1-6-18(9-10)12-4-3-11(8-16-12)19(21)22/h3-5,7-8,10H,1-2,6,9H2,(H,15,17,20)/t10-/m1/s1. The lowest BCUT2D eigenvalue weighted by molar-refractivity contribution is -0.385. The normalized spacial score (nSPS) is 17.7. The first-order valence-electron chi connectivity index (χ1n) is 7.19.